The van der Waals surface area contributed by atoms with Crippen molar-refractivity contribution in [3.05, 3.63) is 29.3 Å². The van der Waals surface area contributed by atoms with Crippen molar-refractivity contribution in [1.29, 1.82) is 0 Å². The van der Waals surface area contributed by atoms with Gasteiger partial charge in [-0.15, -0.1) is 0 Å². The van der Waals surface area contributed by atoms with Crippen molar-refractivity contribution in [2.45, 2.75) is 26.3 Å². The Bertz CT molecular complexity index is 647. The minimum atomic E-state index is -0.724. The SMILES string of the molecule is COC(=O)[C@H](NC(=O)[C@H]1CC(=O)N(c2cccc(Cl)c2)C1)C(C)C. The van der Waals surface area contributed by atoms with Gasteiger partial charge in [0.05, 0.1) is 13.0 Å². The van der Waals surface area contributed by atoms with Crippen LogP contribution in [0.3, 0.4) is 0 Å². The second-order valence-electron chi connectivity index (χ2n) is 6.14. The second-order valence-corrected chi connectivity index (χ2v) is 6.58. The van der Waals surface area contributed by atoms with Crippen molar-refractivity contribution >= 4 is 35.1 Å². The van der Waals surface area contributed by atoms with Crippen LogP contribution in [-0.2, 0) is 19.1 Å². The van der Waals surface area contributed by atoms with E-state index in [1.165, 1.54) is 7.11 Å². The highest BCUT2D eigenvalue weighted by Crippen LogP contribution is 2.27. The van der Waals surface area contributed by atoms with Crippen LogP contribution in [0.5, 0.6) is 0 Å². The molecule has 2 rings (SSSR count). The average molecular weight is 353 g/mol. The van der Waals surface area contributed by atoms with Gasteiger partial charge in [-0.2, -0.15) is 0 Å². The van der Waals surface area contributed by atoms with Crippen LogP contribution in [0, 0.1) is 11.8 Å². The lowest BCUT2D eigenvalue weighted by Gasteiger charge is -2.22. The molecule has 1 aliphatic heterocycles. The summed E-state index contributed by atoms with van der Waals surface area (Å²) in [4.78, 5) is 38.0. The number of rotatable bonds is 5. The average Bonchev–Trinajstić information content (AvgIpc) is 2.93. The molecular weight excluding hydrogens is 332 g/mol. The number of ether oxygens (including phenoxy) is 1. The Hall–Kier alpha value is -2.08. The molecule has 1 aromatic carbocycles. The lowest BCUT2D eigenvalue weighted by Crippen LogP contribution is -2.47. The highest BCUT2D eigenvalue weighted by molar-refractivity contribution is 6.31. The quantitative estimate of drug-likeness (QED) is 0.822. The number of methoxy groups -OCH3 is 1. The molecule has 0 unspecified atom stereocenters. The first-order valence-corrected chi connectivity index (χ1v) is 8.15. The van der Waals surface area contributed by atoms with Crippen molar-refractivity contribution in [3.8, 4) is 0 Å². The molecule has 7 heteroatoms. The van der Waals surface area contributed by atoms with Gasteiger partial charge < -0.3 is 15.0 Å². The van der Waals surface area contributed by atoms with Gasteiger partial charge in [-0.25, -0.2) is 4.79 Å². The largest absolute Gasteiger partial charge is 0.467 e. The van der Waals surface area contributed by atoms with Gasteiger partial charge in [0.1, 0.15) is 6.04 Å². The summed E-state index contributed by atoms with van der Waals surface area (Å²) in [5.74, 6) is -1.58. The van der Waals surface area contributed by atoms with Crippen molar-refractivity contribution in [2.75, 3.05) is 18.6 Å². The summed E-state index contributed by atoms with van der Waals surface area (Å²) in [5, 5.41) is 3.22. The lowest BCUT2D eigenvalue weighted by atomic mass is 10.0. The molecule has 1 aliphatic rings. The number of nitrogens with zero attached hydrogens (tertiary/aromatic N) is 1. The Morgan fingerprint density at radius 1 is 1.38 bits per heavy atom. The third-order valence-electron chi connectivity index (χ3n) is 4.04. The van der Waals surface area contributed by atoms with Gasteiger partial charge in [0.15, 0.2) is 0 Å². The zero-order valence-electron chi connectivity index (χ0n) is 13.9. The molecule has 0 saturated carbocycles. The van der Waals surface area contributed by atoms with E-state index < -0.39 is 17.9 Å². The maximum atomic E-state index is 12.4. The molecule has 1 N–H and O–H groups in total. The van der Waals surface area contributed by atoms with Crippen molar-refractivity contribution < 1.29 is 19.1 Å². The third kappa shape index (κ3) is 4.06. The number of esters is 1. The molecule has 0 spiro atoms. The maximum absolute atomic E-state index is 12.4. The molecular formula is C17H21ClN2O4. The van der Waals surface area contributed by atoms with Crippen LogP contribution in [0.1, 0.15) is 20.3 Å². The summed E-state index contributed by atoms with van der Waals surface area (Å²) < 4.78 is 4.72. The highest BCUT2D eigenvalue weighted by Gasteiger charge is 2.37. The van der Waals surface area contributed by atoms with Crippen LogP contribution in [0.4, 0.5) is 5.69 Å². The molecule has 1 heterocycles. The Kier molecular flexibility index (Phi) is 5.83. The van der Waals surface area contributed by atoms with Gasteiger partial charge in [-0.3, -0.25) is 9.59 Å². The summed E-state index contributed by atoms with van der Waals surface area (Å²) in [7, 11) is 1.28. The molecule has 0 aromatic heterocycles. The minimum Gasteiger partial charge on any atom is -0.467 e. The van der Waals surface area contributed by atoms with Gasteiger partial charge >= 0.3 is 5.97 Å². The lowest BCUT2D eigenvalue weighted by molar-refractivity contribution is -0.146. The number of benzene rings is 1. The second kappa shape index (κ2) is 7.66. The van der Waals surface area contributed by atoms with E-state index in [-0.39, 0.29) is 30.7 Å². The molecule has 1 fully saturated rings. The number of carbonyl (C=O) groups excluding carboxylic acids is 3. The fourth-order valence-electron chi connectivity index (χ4n) is 2.67. The van der Waals surface area contributed by atoms with Crippen molar-refractivity contribution in [2.24, 2.45) is 11.8 Å². The molecule has 2 atom stereocenters. The van der Waals surface area contributed by atoms with Gasteiger partial charge in [0.25, 0.3) is 0 Å². The molecule has 6 nitrogen and oxygen atoms in total. The fraction of sp³-hybridized carbons (Fsp3) is 0.471. The Morgan fingerprint density at radius 2 is 2.08 bits per heavy atom. The fourth-order valence-corrected chi connectivity index (χ4v) is 2.86. The number of hydrogen-bond acceptors (Lipinski definition) is 4. The molecule has 2 amide bonds. The zero-order chi connectivity index (χ0) is 17.9. The smallest absolute Gasteiger partial charge is 0.328 e. The van der Waals surface area contributed by atoms with E-state index in [0.29, 0.717) is 10.7 Å². The molecule has 1 saturated heterocycles. The molecule has 130 valence electrons. The number of nitrogens with one attached hydrogen (secondary N) is 1. The predicted octanol–water partition coefficient (Wildman–Crippen LogP) is 2.01. The number of hydrogen-bond donors (Lipinski definition) is 1. The summed E-state index contributed by atoms with van der Waals surface area (Å²) in [6.07, 6.45) is 0.102. The van der Waals surface area contributed by atoms with Crippen molar-refractivity contribution in [3.63, 3.8) is 0 Å². The first kappa shape index (κ1) is 18.3. The number of amides is 2. The standard InChI is InChI=1S/C17H21ClN2O4/c1-10(2)15(17(23)24-3)19-16(22)11-7-14(21)20(9-11)13-6-4-5-12(18)8-13/h4-6,8,10-11,15H,7,9H2,1-3H3,(H,19,22)/t11-,15+/m0/s1. The monoisotopic (exact) mass is 352 g/mol. The normalized spacial score (nSPS) is 18.6. The number of anilines is 1. The van der Waals surface area contributed by atoms with E-state index in [0.717, 1.165) is 0 Å². The molecule has 24 heavy (non-hydrogen) atoms. The Balaban J connectivity index is 2.07. The van der Waals surface area contributed by atoms with E-state index >= 15 is 0 Å². The van der Waals surface area contributed by atoms with E-state index in [1.807, 2.05) is 13.8 Å². The van der Waals surface area contributed by atoms with Gasteiger partial charge in [0.2, 0.25) is 11.8 Å². The number of halogens is 1. The summed E-state index contributed by atoms with van der Waals surface area (Å²) in [5.41, 5.74) is 0.663. The van der Waals surface area contributed by atoms with Gasteiger partial charge in [-0.05, 0) is 24.1 Å². The third-order valence-corrected chi connectivity index (χ3v) is 4.27. The first-order valence-electron chi connectivity index (χ1n) is 7.77. The van der Waals surface area contributed by atoms with E-state index in [9.17, 15) is 14.4 Å². The van der Waals surface area contributed by atoms with E-state index in [4.69, 9.17) is 16.3 Å². The minimum absolute atomic E-state index is 0.102. The molecule has 0 radical (unpaired) electrons. The molecule has 1 aromatic rings. The number of carbonyl (C=O) groups is 3. The van der Waals surface area contributed by atoms with Crippen LogP contribution >= 0.6 is 11.6 Å². The molecule has 0 bridgehead atoms. The van der Waals surface area contributed by atoms with E-state index in [2.05, 4.69) is 5.32 Å². The predicted molar refractivity (Wildman–Crippen MR) is 90.7 cm³/mol. The maximum Gasteiger partial charge on any atom is 0.328 e. The van der Waals surface area contributed by atoms with Crippen LogP contribution < -0.4 is 10.2 Å². The summed E-state index contributed by atoms with van der Waals surface area (Å²) >= 11 is 5.96. The summed E-state index contributed by atoms with van der Waals surface area (Å²) in [6.45, 7) is 3.90. The van der Waals surface area contributed by atoms with Gasteiger partial charge in [-0.1, -0.05) is 31.5 Å². The van der Waals surface area contributed by atoms with E-state index in [1.54, 1.807) is 29.2 Å². The van der Waals surface area contributed by atoms with Crippen molar-refractivity contribution in [1.82, 2.24) is 5.32 Å². The van der Waals surface area contributed by atoms with Crippen LogP contribution in [0.2, 0.25) is 5.02 Å². The van der Waals surface area contributed by atoms with Crippen LogP contribution in [0.25, 0.3) is 0 Å². The molecule has 0 aliphatic carbocycles. The Labute approximate surface area is 146 Å². The zero-order valence-corrected chi connectivity index (χ0v) is 14.7. The van der Waals surface area contributed by atoms with Crippen LogP contribution in [0.15, 0.2) is 24.3 Å². The van der Waals surface area contributed by atoms with Crippen LogP contribution in [-0.4, -0.2) is 37.5 Å². The highest BCUT2D eigenvalue weighted by atomic mass is 35.5. The first-order chi connectivity index (χ1) is 11.3. The topological polar surface area (TPSA) is 75.7 Å². The summed E-state index contributed by atoms with van der Waals surface area (Å²) in [6, 6.07) is 6.21. The van der Waals surface area contributed by atoms with Gasteiger partial charge in [0, 0.05) is 23.7 Å². The Morgan fingerprint density at radius 3 is 2.67 bits per heavy atom.